The van der Waals surface area contributed by atoms with Gasteiger partial charge in [0, 0.05) is 39.2 Å². The van der Waals surface area contributed by atoms with Gasteiger partial charge in [0.2, 0.25) is 0 Å². The Kier molecular flexibility index (Phi) is 8.29. The summed E-state index contributed by atoms with van der Waals surface area (Å²) in [5.41, 5.74) is 2.00. The minimum atomic E-state index is -0.243. The Morgan fingerprint density at radius 1 is 0.962 bits per heavy atom. The summed E-state index contributed by atoms with van der Waals surface area (Å²) in [6.45, 7) is 1.67. The van der Waals surface area contributed by atoms with E-state index in [0.29, 0.717) is 30.8 Å². The topological polar surface area (TPSA) is 80.3 Å². The van der Waals surface area contributed by atoms with Crippen molar-refractivity contribution in [2.24, 2.45) is 0 Å². The van der Waals surface area contributed by atoms with Crippen LogP contribution in [-0.4, -0.2) is 43.6 Å². The normalized spacial score (nSPS) is 10.3. The number of aromatic nitrogens is 1. The van der Waals surface area contributed by atoms with Crippen molar-refractivity contribution >= 4 is 11.8 Å². The number of methoxy groups -OCH3 is 1. The van der Waals surface area contributed by atoms with Crippen molar-refractivity contribution in [2.75, 3.05) is 26.8 Å². The van der Waals surface area contributed by atoms with E-state index in [4.69, 9.17) is 4.74 Å². The van der Waals surface area contributed by atoms with E-state index < -0.39 is 0 Å². The van der Waals surface area contributed by atoms with E-state index in [1.807, 2.05) is 18.2 Å². The Labute approximate surface area is 154 Å². The number of carbonyl (C=O) groups excluding carboxylic acids is 2. The molecule has 2 N–H and O–H groups in total. The predicted octanol–water partition coefficient (Wildman–Crippen LogP) is 2.21. The molecular formula is C20H25N3O3. The van der Waals surface area contributed by atoms with Gasteiger partial charge in [0.25, 0.3) is 11.8 Å². The highest BCUT2D eigenvalue weighted by Crippen LogP contribution is 2.04. The third kappa shape index (κ3) is 6.64. The van der Waals surface area contributed by atoms with E-state index in [1.54, 1.807) is 13.2 Å². The van der Waals surface area contributed by atoms with Gasteiger partial charge < -0.3 is 15.4 Å². The molecule has 2 rings (SSSR count). The van der Waals surface area contributed by atoms with Crippen LogP contribution in [0.4, 0.5) is 0 Å². The van der Waals surface area contributed by atoms with Gasteiger partial charge in [-0.1, -0.05) is 30.3 Å². The maximum atomic E-state index is 12.2. The number of hydrogen-bond donors (Lipinski definition) is 2. The van der Waals surface area contributed by atoms with Crippen LogP contribution in [0.5, 0.6) is 0 Å². The lowest BCUT2D eigenvalue weighted by atomic mass is 10.1. The summed E-state index contributed by atoms with van der Waals surface area (Å²) in [5, 5.41) is 5.65. The summed E-state index contributed by atoms with van der Waals surface area (Å²) in [6.07, 6.45) is 5.41. The van der Waals surface area contributed by atoms with Gasteiger partial charge in [-0.2, -0.15) is 0 Å². The average Bonchev–Trinajstić information content (AvgIpc) is 2.69. The molecule has 6 heteroatoms. The number of carbonyl (C=O) groups is 2. The molecule has 0 bridgehead atoms. The van der Waals surface area contributed by atoms with Gasteiger partial charge >= 0.3 is 0 Å². The van der Waals surface area contributed by atoms with E-state index in [1.165, 1.54) is 18.0 Å². The van der Waals surface area contributed by atoms with Gasteiger partial charge in [0.15, 0.2) is 0 Å². The van der Waals surface area contributed by atoms with Crippen molar-refractivity contribution in [3.63, 3.8) is 0 Å². The molecule has 0 saturated carbocycles. The molecule has 2 aromatic rings. The maximum absolute atomic E-state index is 12.2. The highest BCUT2D eigenvalue weighted by atomic mass is 16.5. The number of amides is 2. The van der Waals surface area contributed by atoms with Crippen molar-refractivity contribution in [3.8, 4) is 0 Å². The second-order valence-corrected chi connectivity index (χ2v) is 5.91. The number of pyridine rings is 1. The molecule has 0 aliphatic rings. The number of nitrogens with one attached hydrogen (secondary N) is 2. The number of aryl methyl sites for hydroxylation is 1. The number of benzene rings is 1. The van der Waals surface area contributed by atoms with Gasteiger partial charge in [-0.15, -0.1) is 0 Å². The largest absolute Gasteiger partial charge is 0.385 e. The zero-order valence-electron chi connectivity index (χ0n) is 15.0. The third-order valence-corrected chi connectivity index (χ3v) is 3.84. The van der Waals surface area contributed by atoms with Gasteiger partial charge in [-0.25, -0.2) is 0 Å². The number of rotatable bonds is 10. The molecule has 0 spiro atoms. The molecule has 0 atom stereocenters. The lowest BCUT2D eigenvalue weighted by Gasteiger charge is -2.08. The van der Waals surface area contributed by atoms with E-state index in [2.05, 4.69) is 27.8 Å². The van der Waals surface area contributed by atoms with Crippen LogP contribution in [0.3, 0.4) is 0 Å². The highest BCUT2D eigenvalue weighted by Gasteiger charge is 2.10. The Morgan fingerprint density at radius 3 is 2.19 bits per heavy atom. The zero-order chi connectivity index (χ0) is 18.6. The minimum absolute atomic E-state index is 0.223. The van der Waals surface area contributed by atoms with Gasteiger partial charge in [-0.3, -0.25) is 14.6 Å². The second-order valence-electron chi connectivity index (χ2n) is 5.91. The van der Waals surface area contributed by atoms with Gasteiger partial charge in [0.1, 0.15) is 0 Å². The molecule has 1 aromatic carbocycles. The first-order valence-corrected chi connectivity index (χ1v) is 8.75. The van der Waals surface area contributed by atoms with Crippen molar-refractivity contribution in [1.29, 1.82) is 0 Å². The fourth-order valence-electron chi connectivity index (χ4n) is 2.45. The molecule has 138 valence electrons. The van der Waals surface area contributed by atoms with Crippen LogP contribution in [0.2, 0.25) is 0 Å². The Balaban J connectivity index is 1.78. The van der Waals surface area contributed by atoms with Gasteiger partial charge in [-0.05, 0) is 30.9 Å². The van der Waals surface area contributed by atoms with Crippen LogP contribution in [0.25, 0.3) is 0 Å². The van der Waals surface area contributed by atoms with E-state index >= 15 is 0 Å². The molecule has 26 heavy (non-hydrogen) atoms. The molecular weight excluding hydrogens is 330 g/mol. The minimum Gasteiger partial charge on any atom is -0.385 e. The van der Waals surface area contributed by atoms with Crippen LogP contribution in [-0.2, 0) is 11.2 Å². The smallest absolute Gasteiger partial charge is 0.252 e. The van der Waals surface area contributed by atoms with Crippen LogP contribution in [0, 0.1) is 0 Å². The summed E-state index contributed by atoms with van der Waals surface area (Å²) in [6, 6.07) is 11.7. The Bertz CT molecular complexity index is 704. The van der Waals surface area contributed by atoms with E-state index in [9.17, 15) is 9.59 Å². The first-order valence-electron chi connectivity index (χ1n) is 8.75. The van der Waals surface area contributed by atoms with Crippen molar-refractivity contribution in [3.05, 3.63) is 65.5 Å². The molecule has 1 heterocycles. The van der Waals surface area contributed by atoms with Crippen LogP contribution in [0.15, 0.2) is 48.8 Å². The fraction of sp³-hybridized carbons (Fsp3) is 0.350. The van der Waals surface area contributed by atoms with Crippen LogP contribution < -0.4 is 10.6 Å². The summed E-state index contributed by atoms with van der Waals surface area (Å²) in [4.78, 5) is 28.3. The summed E-state index contributed by atoms with van der Waals surface area (Å²) in [5.74, 6) is -0.466. The first-order chi connectivity index (χ1) is 12.7. The molecule has 6 nitrogen and oxygen atoms in total. The van der Waals surface area contributed by atoms with Gasteiger partial charge in [0.05, 0.1) is 11.1 Å². The molecule has 1 aromatic heterocycles. The van der Waals surface area contributed by atoms with Crippen molar-refractivity contribution < 1.29 is 14.3 Å². The third-order valence-electron chi connectivity index (χ3n) is 3.84. The fourth-order valence-corrected chi connectivity index (χ4v) is 2.45. The van der Waals surface area contributed by atoms with E-state index in [-0.39, 0.29) is 11.8 Å². The van der Waals surface area contributed by atoms with Crippen LogP contribution in [0.1, 0.15) is 39.1 Å². The molecule has 0 aliphatic heterocycles. The summed E-state index contributed by atoms with van der Waals surface area (Å²) < 4.78 is 4.94. The molecule has 0 saturated heterocycles. The average molecular weight is 355 g/mol. The summed E-state index contributed by atoms with van der Waals surface area (Å²) >= 11 is 0. The lowest BCUT2D eigenvalue weighted by Crippen LogP contribution is -2.27. The molecule has 0 fully saturated rings. The maximum Gasteiger partial charge on any atom is 0.252 e. The number of ether oxygens (including phenoxy) is 1. The van der Waals surface area contributed by atoms with Crippen LogP contribution >= 0.6 is 0 Å². The number of hydrogen-bond acceptors (Lipinski definition) is 4. The lowest BCUT2D eigenvalue weighted by molar-refractivity contribution is 0.0948. The SMILES string of the molecule is COCCCNC(=O)c1cncc(C(=O)NCCCc2ccccc2)c1. The molecule has 0 unspecified atom stereocenters. The first kappa shape index (κ1) is 19.6. The zero-order valence-corrected chi connectivity index (χ0v) is 15.0. The Hall–Kier alpha value is -2.73. The van der Waals surface area contributed by atoms with E-state index in [0.717, 1.165) is 19.3 Å². The number of nitrogens with zero attached hydrogens (tertiary/aromatic N) is 1. The highest BCUT2D eigenvalue weighted by molar-refractivity contribution is 5.99. The standard InChI is InChI=1S/C20H25N3O3/c1-26-12-6-11-23-20(25)18-13-17(14-21-15-18)19(24)22-10-5-9-16-7-3-2-4-8-16/h2-4,7-8,13-15H,5-6,9-12H2,1H3,(H,22,24)(H,23,25). The molecule has 2 amide bonds. The molecule has 0 aliphatic carbocycles. The Morgan fingerprint density at radius 2 is 1.58 bits per heavy atom. The van der Waals surface area contributed by atoms with Crippen molar-refractivity contribution in [1.82, 2.24) is 15.6 Å². The van der Waals surface area contributed by atoms with Crippen molar-refractivity contribution in [2.45, 2.75) is 19.3 Å². The molecule has 0 radical (unpaired) electrons. The monoisotopic (exact) mass is 355 g/mol. The summed E-state index contributed by atoms with van der Waals surface area (Å²) in [7, 11) is 1.62. The predicted molar refractivity (Wildman–Crippen MR) is 100 cm³/mol. The second kappa shape index (κ2) is 11.0. The quantitative estimate of drug-likeness (QED) is 0.641.